The Kier molecular flexibility index (Phi) is 7.40. The molecule has 2 amide bonds. The summed E-state index contributed by atoms with van der Waals surface area (Å²) in [5, 5.41) is 10.1. The summed E-state index contributed by atoms with van der Waals surface area (Å²) in [5.74, 6) is 0.610. The largest absolute Gasteiger partial charge is 0.350 e. The molecule has 0 saturated carbocycles. The first-order valence-corrected chi connectivity index (χ1v) is 14.5. The SMILES string of the molecule is Cc1cccc(-n2nc(C(C)(C)C)c3c2N(CC(=O)NCc2ccncc2)C(=O)CSC3c2cccs2)c1. The molecule has 4 aromatic rings. The van der Waals surface area contributed by atoms with E-state index in [9.17, 15) is 9.59 Å². The van der Waals surface area contributed by atoms with Gasteiger partial charge in [-0.2, -0.15) is 5.10 Å². The molecule has 7 nitrogen and oxygen atoms in total. The van der Waals surface area contributed by atoms with Gasteiger partial charge in [-0.15, -0.1) is 23.1 Å². The second kappa shape index (κ2) is 10.7. The maximum atomic E-state index is 13.7. The van der Waals surface area contributed by atoms with Crippen molar-refractivity contribution < 1.29 is 9.59 Å². The lowest BCUT2D eigenvalue weighted by Gasteiger charge is -2.24. The number of aromatic nitrogens is 3. The van der Waals surface area contributed by atoms with E-state index in [1.54, 1.807) is 40.4 Å². The van der Waals surface area contributed by atoms with E-state index < -0.39 is 0 Å². The highest BCUT2D eigenvalue weighted by molar-refractivity contribution is 8.00. The van der Waals surface area contributed by atoms with E-state index in [1.807, 2.05) is 48.0 Å². The summed E-state index contributed by atoms with van der Waals surface area (Å²) in [6, 6.07) is 16.0. The van der Waals surface area contributed by atoms with Gasteiger partial charge in [0.05, 0.1) is 22.4 Å². The lowest BCUT2D eigenvalue weighted by molar-refractivity contribution is -0.123. The van der Waals surface area contributed by atoms with E-state index in [-0.39, 0.29) is 34.8 Å². The first-order chi connectivity index (χ1) is 18.2. The van der Waals surface area contributed by atoms with Crippen molar-refractivity contribution >= 4 is 40.7 Å². The van der Waals surface area contributed by atoms with Gasteiger partial charge in [-0.3, -0.25) is 19.5 Å². The van der Waals surface area contributed by atoms with Gasteiger partial charge in [0.1, 0.15) is 12.4 Å². The minimum atomic E-state index is -0.280. The summed E-state index contributed by atoms with van der Waals surface area (Å²) >= 11 is 3.28. The third-order valence-electron chi connectivity index (χ3n) is 6.39. The molecule has 0 radical (unpaired) electrons. The van der Waals surface area contributed by atoms with Crippen LogP contribution < -0.4 is 10.2 Å². The monoisotopic (exact) mass is 545 g/mol. The molecule has 0 spiro atoms. The van der Waals surface area contributed by atoms with Crippen molar-refractivity contribution in [1.82, 2.24) is 20.1 Å². The number of thioether (sulfide) groups is 1. The van der Waals surface area contributed by atoms with E-state index >= 15 is 0 Å². The smallest absolute Gasteiger partial charge is 0.240 e. The molecule has 3 aromatic heterocycles. The van der Waals surface area contributed by atoms with E-state index in [0.717, 1.165) is 28.1 Å². The van der Waals surface area contributed by atoms with E-state index in [0.29, 0.717) is 12.4 Å². The second-order valence-electron chi connectivity index (χ2n) is 10.4. The number of pyridine rings is 1. The Labute approximate surface area is 231 Å². The van der Waals surface area contributed by atoms with Crippen molar-refractivity contribution in [3.63, 3.8) is 0 Å². The Balaban J connectivity index is 1.63. The van der Waals surface area contributed by atoms with Gasteiger partial charge in [0.15, 0.2) is 0 Å². The van der Waals surface area contributed by atoms with Crippen LogP contribution in [0.3, 0.4) is 0 Å². The normalized spacial score (nSPS) is 15.7. The Bertz CT molecular complexity index is 1440. The summed E-state index contributed by atoms with van der Waals surface area (Å²) < 4.78 is 1.86. The summed E-state index contributed by atoms with van der Waals surface area (Å²) in [4.78, 5) is 33.7. The highest BCUT2D eigenvalue weighted by Crippen LogP contribution is 2.49. The Morgan fingerprint density at radius 1 is 1.13 bits per heavy atom. The van der Waals surface area contributed by atoms with Gasteiger partial charge in [-0.25, -0.2) is 4.68 Å². The topological polar surface area (TPSA) is 80.1 Å². The van der Waals surface area contributed by atoms with E-state index in [2.05, 4.69) is 48.6 Å². The number of hydrogen-bond acceptors (Lipinski definition) is 6. The minimum Gasteiger partial charge on any atom is -0.350 e. The summed E-state index contributed by atoms with van der Waals surface area (Å²) in [7, 11) is 0. The van der Waals surface area contributed by atoms with Crippen LogP contribution >= 0.6 is 23.1 Å². The van der Waals surface area contributed by atoms with Crippen molar-refractivity contribution in [2.24, 2.45) is 0 Å². The number of thiophene rings is 1. The number of aryl methyl sites for hydroxylation is 1. The van der Waals surface area contributed by atoms with Crippen LogP contribution in [-0.2, 0) is 21.5 Å². The average Bonchev–Trinajstić information content (AvgIpc) is 3.53. The molecule has 9 heteroatoms. The number of rotatable bonds is 6. The molecule has 196 valence electrons. The quantitative estimate of drug-likeness (QED) is 0.350. The van der Waals surface area contributed by atoms with Crippen molar-refractivity contribution in [1.29, 1.82) is 0 Å². The highest BCUT2D eigenvalue weighted by Gasteiger charge is 2.40. The van der Waals surface area contributed by atoms with Gasteiger partial charge in [0.2, 0.25) is 11.8 Å². The number of fused-ring (bicyclic) bond motifs is 1. The first-order valence-electron chi connectivity index (χ1n) is 12.5. The molecule has 0 fully saturated rings. The van der Waals surface area contributed by atoms with Crippen LogP contribution in [0.15, 0.2) is 66.3 Å². The zero-order valence-electron chi connectivity index (χ0n) is 22.0. The molecule has 0 bridgehead atoms. The van der Waals surface area contributed by atoms with Gasteiger partial charge in [-0.05, 0) is 53.8 Å². The number of amides is 2. The standard InChI is InChI=1S/C29H31N5O2S2/c1-19-7-5-8-21(15-19)34-28-25(27(32-34)29(2,3)4)26(22-9-6-14-37-22)38-18-24(36)33(28)17-23(35)31-16-20-10-12-30-13-11-20/h5-15,26H,16-18H2,1-4H3,(H,31,35). The number of nitrogens with one attached hydrogen (secondary N) is 1. The predicted molar refractivity (Wildman–Crippen MR) is 154 cm³/mol. The van der Waals surface area contributed by atoms with Crippen LogP contribution in [0.2, 0.25) is 0 Å². The number of benzene rings is 1. The summed E-state index contributed by atoms with van der Waals surface area (Å²) in [6.07, 6.45) is 3.39. The molecule has 1 aliphatic heterocycles. The second-order valence-corrected chi connectivity index (χ2v) is 12.5. The minimum absolute atomic E-state index is 0.0633. The van der Waals surface area contributed by atoms with Crippen LogP contribution in [0.4, 0.5) is 5.82 Å². The number of carbonyl (C=O) groups is 2. The molecule has 1 aromatic carbocycles. The Morgan fingerprint density at radius 2 is 1.92 bits per heavy atom. The summed E-state index contributed by atoms with van der Waals surface area (Å²) in [6.45, 7) is 8.75. The predicted octanol–water partition coefficient (Wildman–Crippen LogP) is 5.42. The molecule has 38 heavy (non-hydrogen) atoms. The Hall–Kier alpha value is -3.43. The third kappa shape index (κ3) is 5.39. The number of anilines is 1. The fraction of sp³-hybridized carbons (Fsp3) is 0.310. The number of hydrogen-bond donors (Lipinski definition) is 1. The van der Waals surface area contributed by atoms with Gasteiger partial charge < -0.3 is 5.32 Å². The molecular formula is C29H31N5O2S2. The van der Waals surface area contributed by atoms with E-state index in [4.69, 9.17) is 5.10 Å². The maximum Gasteiger partial charge on any atom is 0.240 e. The van der Waals surface area contributed by atoms with Crippen LogP contribution in [0.5, 0.6) is 0 Å². The molecular weight excluding hydrogens is 514 g/mol. The molecule has 0 aliphatic carbocycles. The van der Waals surface area contributed by atoms with Crippen molar-refractivity contribution in [2.75, 3.05) is 17.2 Å². The van der Waals surface area contributed by atoms with Crippen LogP contribution in [0.25, 0.3) is 5.69 Å². The maximum absolute atomic E-state index is 13.7. The van der Waals surface area contributed by atoms with Gasteiger partial charge in [0, 0.05) is 34.8 Å². The molecule has 5 rings (SSSR count). The molecule has 1 aliphatic rings. The lowest BCUT2D eigenvalue weighted by Crippen LogP contribution is -2.42. The van der Waals surface area contributed by atoms with Gasteiger partial charge >= 0.3 is 0 Å². The zero-order chi connectivity index (χ0) is 26.9. The van der Waals surface area contributed by atoms with E-state index in [1.165, 1.54) is 4.88 Å². The van der Waals surface area contributed by atoms with Crippen molar-refractivity contribution in [2.45, 2.75) is 44.9 Å². The molecule has 1 atom stereocenters. The van der Waals surface area contributed by atoms with Crippen LogP contribution in [-0.4, -0.2) is 38.9 Å². The molecule has 1 unspecified atom stereocenters. The highest BCUT2D eigenvalue weighted by atomic mass is 32.2. The average molecular weight is 546 g/mol. The summed E-state index contributed by atoms with van der Waals surface area (Å²) in [5.41, 5.74) is 4.55. The van der Waals surface area contributed by atoms with Gasteiger partial charge in [-0.1, -0.05) is 39.0 Å². The lowest BCUT2D eigenvalue weighted by atomic mass is 9.88. The van der Waals surface area contributed by atoms with Crippen molar-refractivity contribution in [3.8, 4) is 5.69 Å². The van der Waals surface area contributed by atoms with Crippen LogP contribution in [0.1, 0.15) is 53.3 Å². The fourth-order valence-corrected chi connectivity index (χ4v) is 6.75. The number of carbonyl (C=O) groups excluding carboxylic acids is 2. The Morgan fingerprint density at radius 3 is 2.61 bits per heavy atom. The molecule has 0 saturated heterocycles. The zero-order valence-corrected chi connectivity index (χ0v) is 23.6. The van der Waals surface area contributed by atoms with Gasteiger partial charge in [0.25, 0.3) is 0 Å². The molecule has 1 N–H and O–H groups in total. The molecule has 4 heterocycles. The third-order valence-corrected chi connectivity index (χ3v) is 8.71. The van der Waals surface area contributed by atoms with Crippen LogP contribution in [0, 0.1) is 6.92 Å². The number of nitrogens with zero attached hydrogens (tertiary/aromatic N) is 4. The fourth-order valence-electron chi connectivity index (χ4n) is 4.58. The van der Waals surface area contributed by atoms with Crippen molar-refractivity contribution in [3.05, 3.63) is 93.6 Å². The first kappa shape index (κ1) is 26.2.